The minimum atomic E-state index is 0.300. The van der Waals surface area contributed by atoms with E-state index in [9.17, 15) is 0 Å². The molecule has 5 heteroatoms. The molecule has 0 aliphatic rings. The molecule has 4 rings (SSSR count). The lowest BCUT2D eigenvalue weighted by Gasteiger charge is -2.13. The maximum atomic E-state index is 6.15. The van der Waals surface area contributed by atoms with E-state index in [1.54, 1.807) is 0 Å². The van der Waals surface area contributed by atoms with E-state index in [-0.39, 0.29) is 0 Å². The van der Waals surface area contributed by atoms with Crippen molar-refractivity contribution in [3.8, 4) is 11.1 Å². The first kappa shape index (κ1) is 17.6. The number of benzene rings is 2. The lowest BCUT2D eigenvalue weighted by molar-refractivity contribution is 0.810. The number of hydrogen-bond donors (Lipinski definition) is 1. The summed E-state index contributed by atoms with van der Waals surface area (Å²) < 4.78 is 1.88. The molecule has 0 bridgehead atoms. The van der Waals surface area contributed by atoms with Crippen molar-refractivity contribution in [3.05, 3.63) is 77.1 Å². The number of rotatable bonds is 4. The molecule has 0 aliphatic carbocycles. The second kappa shape index (κ2) is 7.05. The Morgan fingerprint density at radius 2 is 1.78 bits per heavy atom. The van der Waals surface area contributed by atoms with E-state index in [2.05, 4.69) is 37.4 Å². The largest absolute Gasteiger partial charge is 0.340 e. The van der Waals surface area contributed by atoms with Crippen molar-refractivity contribution < 1.29 is 0 Å². The van der Waals surface area contributed by atoms with E-state index in [4.69, 9.17) is 21.7 Å². The van der Waals surface area contributed by atoms with Gasteiger partial charge in [-0.2, -0.15) is 9.61 Å². The normalized spacial score (nSPS) is 11.3. The van der Waals surface area contributed by atoms with Crippen molar-refractivity contribution in [3.63, 3.8) is 0 Å². The fourth-order valence-corrected chi connectivity index (χ4v) is 3.37. The van der Waals surface area contributed by atoms with Gasteiger partial charge in [0.2, 0.25) is 0 Å². The number of anilines is 2. The smallest absolute Gasteiger partial charge is 0.165 e. The molecule has 0 saturated carbocycles. The Hall–Kier alpha value is -2.85. The Morgan fingerprint density at radius 1 is 1.00 bits per heavy atom. The van der Waals surface area contributed by atoms with Crippen LogP contribution in [-0.2, 0) is 0 Å². The summed E-state index contributed by atoms with van der Waals surface area (Å²) in [5, 5.41) is 8.91. The second-order valence-corrected chi connectivity index (χ2v) is 7.35. The summed E-state index contributed by atoms with van der Waals surface area (Å²) in [6.45, 7) is 6.32. The van der Waals surface area contributed by atoms with Crippen LogP contribution in [0.2, 0.25) is 5.02 Å². The molecule has 2 heterocycles. The van der Waals surface area contributed by atoms with Crippen LogP contribution in [0.4, 0.5) is 11.5 Å². The monoisotopic (exact) mass is 376 g/mol. The minimum Gasteiger partial charge on any atom is -0.340 e. The van der Waals surface area contributed by atoms with E-state index in [1.165, 1.54) is 0 Å². The molecular formula is C22H21ClN4. The topological polar surface area (TPSA) is 42.2 Å². The molecule has 0 atom stereocenters. The third kappa shape index (κ3) is 3.40. The first-order chi connectivity index (χ1) is 13.0. The van der Waals surface area contributed by atoms with Crippen LogP contribution in [-0.4, -0.2) is 14.6 Å². The van der Waals surface area contributed by atoms with Gasteiger partial charge in [-0.05, 0) is 36.6 Å². The first-order valence-electron chi connectivity index (χ1n) is 9.01. The Kier molecular flexibility index (Phi) is 4.58. The van der Waals surface area contributed by atoms with Crippen molar-refractivity contribution in [1.29, 1.82) is 0 Å². The number of nitrogens with zero attached hydrogens (tertiary/aromatic N) is 3. The third-order valence-electron chi connectivity index (χ3n) is 4.53. The van der Waals surface area contributed by atoms with Crippen LogP contribution in [0.1, 0.15) is 31.2 Å². The predicted octanol–water partition coefficient (Wildman–Crippen LogP) is 6.23. The summed E-state index contributed by atoms with van der Waals surface area (Å²) in [5.74, 6) is 1.17. The summed E-state index contributed by atoms with van der Waals surface area (Å²) in [4.78, 5) is 4.93. The molecule has 0 unspecified atom stereocenters. The van der Waals surface area contributed by atoms with Gasteiger partial charge in [-0.1, -0.05) is 61.8 Å². The Labute approximate surface area is 163 Å². The maximum absolute atomic E-state index is 6.15. The van der Waals surface area contributed by atoms with Crippen molar-refractivity contribution in [2.24, 2.45) is 0 Å². The van der Waals surface area contributed by atoms with Gasteiger partial charge < -0.3 is 5.32 Å². The molecule has 0 fully saturated rings. The Bertz CT molecular complexity index is 1100. The van der Waals surface area contributed by atoms with Crippen molar-refractivity contribution in [1.82, 2.24) is 14.6 Å². The van der Waals surface area contributed by atoms with E-state index >= 15 is 0 Å². The first-order valence-corrected chi connectivity index (χ1v) is 9.39. The number of fused-ring (bicyclic) bond motifs is 1. The molecule has 0 amide bonds. The van der Waals surface area contributed by atoms with Crippen molar-refractivity contribution >= 4 is 28.8 Å². The quantitative estimate of drug-likeness (QED) is 0.459. The highest BCUT2D eigenvalue weighted by Gasteiger charge is 2.17. The van der Waals surface area contributed by atoms with Gasteiger partial charge in [0.15, 0.2) is 5.65 Å². The lowest BCUT2D eigenvalue weighted by atomic mass is 10.1. The van der Waals surface area contributed by atoms with E-state index in [1.807, 2.05) is 53.9 Å². The van der Waals surface area contributed by atoms with Gasteiger partial charge in [-0.3, -0.25) is 0 Å². The molecular weight excluding hydrogens is 356 g/mol. The summed E-state index contributed by atoms with van der Waals surface area (Å²) >= 11 is 6.15. The number of hydrogen-bond acceptors (Lipinski definition) is 3. The van der Waals surface area contributed by atoms with Crippen LogP contribution in [0.3, 0.4) is 0 Å². The molecule has 4 nitrogen and oxygen atoms in total. The van der Waals surface area contributed by atoms with Crippen LogP contribution < -0.4 is 5.32 Å². The summed E-state index contributed by atoms with van der Waals surface area (Å²) in [7, 11) is 0. The van der Waals surface area contributed by atoms with Crippen LogP contribution in [0.25, 0.3) is 16.8 Å². The van der Waals surface area contributed by atoms with E-state index in [0.717, 1.165) is 39.7 Å². The minimum absolute atomic E-state index is 0.300. The fourth-order valence-electron chi connectivity index (χ4n) is 3.18. The number of halogens is 1. The van der Waals surface area contributed by atoms with Crippen molar-refractivity contribution in [2.75, 3.05) is 5.32 Å². The molecule has 2 aromatic heterocycles. The molecule has 2 aromatic carbocycles. The van der Waals surface area contributed by atoms with E-state index < -0.39 is 0 Å². The van der Waals surface area contributed by atoms with Crippen LogP contribution in [0, 0.1) is 6.92 Å². The highest BCUT2D eigenvalue weighted by Crippen LogP contribution is 2.31. The van der Waals surface area contributed by atoms with Gasteiger partial charge in [0, 0.05) is 28.0 Å². The standard InChI is InChI=1S/C22H21ClN4/c1-14(2)19-13-20(24-18-11-7-10-17(23)12-18)27-22(25-19)21(15(3)26-27)16-8-5-4-6-9-16/h4-14,24H,1-3H3. The van der Waals surface area contributed by atoms with Crippen LogP contribution in [0.15, 0.2) is 60.7 Å². The van der Waals surface area contributed by atoms with Gasteiger partial charge in [-0.25, -0.2) is 4.98 Å². The van der Waals surface area contributed by atoms with Crippen LogP contribution >= 0.6 is 11.6 Å². The van der Waals surface area contributed by atoms with Gasteiger partial charge in [-0.15, -0.1) is 0 Å². The lowest BCUT2D eigenvalue weighted by Crippen LogP contribution is -2.05. The number of nitrogens with one attached hydrogen (secondary N) is 1. The predicted molar refractivity (Wildman–Crippen MR) is 112 cm³/mol. The summed E-state index contributed by atoms with van der Waals surface area (Å²) in [6, 6.07) is 20.0. The summed E-state index contributed by atoms with van der Waals surface area (Å²) in [5.41, 5.74) is 5.92. The SMILES string of the molecule is Cc1nn2c(Nc3cccc(Cl)c3)cc(C(C)C)nc2c1-c1ccccc1. The van der Waals surface area contributed by atoms with Gasteiger partial charge in [0.1, 0.15) is 5.82 Å². The molecule has 136 valence electrons. The molecule has 0 aliphatic heterocycles. The fraction of sp³-hybridized carbons (Fsp3) is 0.182. The average Bonchev–Trinajstić information content (AvgIpc) is 2.98. The molecule has 0 radical (unpaired) electrons. The molecule has 0 saturated heterocycles. The average molecular weight is 377 g/mol. The highest BCUT2D eigenvalue weighted by molar-refractivity contribution is 6.30. The van der Waals surface area contributed by atoms with Crippen molar-refractivity contribution in [2.45, 2.75) is 26.7 Å². The third-order valence-corrected chi connectivity index (χ3v) is 4.77. The molecule has 27 heavy (non-hydrogen) atoms. The maximum Gasteiger partial charge on any atom is 0.165 e. The summed E-state index contributed by atoms with van der Waals surface area (Å²) in [6.07, 6.45) is 0. The van der Waals surface area contributed by atoms with Crippen LogP contribution in [0.5, 0.6) is 0 Å². The Balaban J connectivity index is 1.93. The highest BCUT2D eigenvalue weighted by atomic mass is 35.5. The molecule has 1 N–H and O–H groups in total. The second-order valence-electron chi connectivity index (χ2n) is 6.92. The number of aromatic nitrogens is 3. The van der Waals surface area contributed by atoms with Gasteiger partial charge in [0.05, 0.1) is 5.69 Å². The Morgan fingerprint density at radius 3 is 2.48 bits per heavy atom. The zero-order valence-electron chi connectivity index (χ0n) is 15.6. The zero-order valence-corrected chi connectivity index (χ0v) is 16.3. The number of aryl methyl sites for hydroxylation is 1. The molecule has 0 spiro atoms. The molecule has 4 aromatic rings. The van der Waals surface area contributed by atoms with E-state index in [0.29, 0.717) is 10.9 Å². The van der Waals surface area contributed by atoms with Gasteiger partial charge >= 0.3 is 0 Å². The van der Waals surface area contributed by atoms with Gasteiger partial charge in [0.25, 0.3) is 0 Å². The zero-order chi connectivity index (χ0) is 19.0.